The predicted octanol–water partition coefficient (Wildman–Crippen LogP) is 5.00. The Kier molecular flexibility index (Phi) is 18.3. The number of hydrogen-bond acceptors (Lipinski definition) is 5. The van der Waals surface area contributed by atoms with Crippen molar-refractivity contribution in [2.75, 3.05) is 0 Å². The molecule has 0 aromatic carbocycles. The molecular weight excluding hydrogens is 476 g/mol. The highest BCUT2D eigenvalue weighted by atomic mass is 16.4. The molecule has 1 unspecified atom stereocenters. The summed E-state index contributed by atoms with van der Waals surface area (Å²) in [5.41, 5.74) is -0.604. The van der Waals surface area contributed by atoms with Crippen molar-refractivity contribution < 1.29 is 34.2 Å². The quantitative estimate of drug-likeness (QED) is 0.145. The molecule has 0 heterocycles. The molecule has 2 amide bonds. The smallest absolute Gasteiger partial charge is 0.326 e. The maximum Gasteiger partial charge on any atom is 0.326 e. The van der Waals surface area contributed by atoms with Gasteiger partial charge < -0.3 is 20.8 Å². The van der Waals surface area contributed by atoms with E-state index in [4.69, 9.17) is 0 Å². The number of nitrogens with one attached hydrogen (secondary N) is 2. The van der Waals surface area contributed by atoms with E-state index < -0.39 is 35.3 Å². The van der Waals surface area contributed by atoms with E-state index in [0.29, 0.717) is 6.42 Å². The average Bonchev–Trinajstić information content (AvgIpc) is 2.81. The van der Waals surface area contributed by atoms with Gasteiger partial charge in [-0.25, -0.2) is 9.59 Å². The van der Waals surface area contributed by atoms with Gasteiger partial charge in [-0.2, -0.15) is 0 Å². The van der Waals surface area contributed by atoms with E-state index in [-0.39, 0.29) is 43.8 Å². The van der Waals surface area contributed by atoms with Gasteiger partial charge in [0.25, 0.3) is 0 Å². The van der Waals surface area contributed by atoms with E-state index in [2.05, 4.69) is 17.6 Å². The van der Waals surface area contributed by atoms with Crippen molar-refractivity contribution in [1.29, 1.82) is 0 Å². The lowest BCUT2D eigenvalue weighted by molar-refractivity contribution is -0.143. The van der Waals surface area contributed by atoms with Crippen LogP contribution in [0.5, 0.6) is 0 Å². The summed E-state index contributed by atoms with van der Waals surface area (Å²) in [7, 11) is 0. The van der Waals surface area contributed by atoms with E-state index in [0.717, 1.165) is 19.3 Å². The lowest BCUT2D eigenvalue weighted by Crippen LogP contribution is -2.44. The molecule has 2 atom stereocenters. The summed E-state index contributed by atoms with van der Waals surface area (Å²) in [6.45, 7) is 7.42. The third-order valence-corrected chi connectivity index (χ3v) is 6.43. The van der Waals surface area contributed by atoms with Crippen LogP contribution in [0.15, 0.2) is 0 Å². The zero-order valence-electron chi connectivity index (χ0n) is 23.4. The normalized spacial score (nSPS) is 13.0. The van der Waals surface area contributed by atoms with Gasteiger partial charge in [0, 0.05) is 24.7 Å². The molecule has 0 fully saturated rings. The maximum absolute atomic E-state index is 12.2. The Morgan fingerprint density at radius 1 is 0.595 bits per heavy atom. The summed E-state index contributed by atoms with van der Waals surface area (Å²) in [6, 6.07) is -2.46. The molecule has 0 bridgehead atoms. The first-order valence-electron chi connectivity index (χ1n) is 14.0. The standard InChI is InChI=1S/C28H50N2O7/c1-5-6-7-8-9-10-11-12-13-14-15-16-24(32)29-22(27(36)37)18-20-25(33)30-21(26(34)35)17-19-23(31)28(2,3)4/h21-22H,5-20H2,1-4H3,(H,29,32)(H,30,33)(H,34,35)(H,36,37)/t21?,22-/m1/s1. The van der Waals surface area contributed by atoms with Crippen molar-refractivity contribution in [3.63, 3.8) is 0 Å². The molecule has 9 heteroatoms. The lowest BCUT2D eigenvalue weighted by atomic mass is 9.87. The number of Topliss-reactive ketones (excluding diaryl/α,β-unsaturated/α-hetero) is 1. The number of carboxylic acids is 2. The van der Waals surface area contributed by atoms with E-state index in [9.17, 15) is 34.2 Å². The maximum atomic E-state index is 12.2. The monoisotopic (exact) mass is 526 g/mol. The Labute approximate surface area is 222 Å². The molecule has 0 aliphatic heterocycles. The first-order valence-corrected chi connectivity index (χ1v) is 14.0. The average molecular weight is 527 g/mol. The summed E-state index contributed by atoms with van der Waals surface area (Å²) < 4.78 is 0. The molecule has 0 spiro atoms. The second-order valence-electron chi connectivity index (χ2n) is 11.0. The molecule has 4 N–H and O–H groups in total. The molecule has 214 valence electrons. The van der Waals surface area contributed by atoms with Gasteiger partial charge in [-0.05, 0) is 19.3 Å². The van der Waals surface area contributed by atoms with Crippen molar-refractivity contribution in [2.45, 2.75) is 143 Å². The van der Waals surface area contributed by atoms with Crippen molar-refractivity contribution in [3.8, 4) is 0 Å². The van der Waals surface area contributed by atoms with Crippen LogP contribution in [0.2, 0.25) is 0 Å². The molecule has 0 aromatic heterocycles. The van der Waals surface area contributed by atoms with E-state index in [1.807, 2.05) is 0 Å². The fourth-order valence-electron chi connectivity index (χ4n) is 3.92. The van der Waals surface area contributed by atoms with E-state index >= 15 is 0 Å². The Balaban J connectivity index is 4.25. The second-order valence-corrected chi connectivity index (χ2v) is 11.0. The van der Waals surface area contributed by atoms with Gasteiger partial charge in [0.05, 0.1) is 0 Å². The number of ketones is 1. The van der Waals surface area contributed by atoms with Crippen LogP contribution in [-0.2, 0) is 24.0 Å². The fourth-order valence-corrected chi connectivity index (χ4v) is 3.92. The Morgan fingerprint density at radius 3 is 1.38 bits per heavy atom. The van der Waals surface area contributed by atoms with Gasteiger partial charge in [0.15, 0.2) is 0 Å². The summed E-state index contributed by atoms with van der Waals surface area (Å²) in [5.74, 6) is -3.62. The number of unbranched alkanes of at least 4 members (excludes halogenated alkanes) is 10. The lowest BCUT2D eigenvalue weighted by Gasteiger charge is -2.19. The van der Waals surface area contributed by atoms with Gasteiger partial charge in [0.2, 0.25) is 11.8 Å². The van der Waals surface area contributed by atoms with Gasteiger partial charge in [-0.3, -0.25) is 14.4 Å². The zero-order chi connectivity index (χ0) is 28.3. The fraction of sp³-hybridized carbons (Fsp3) is 0.821. The van der Waals surface area contributed by atoms with Gasteiger partial charge in [-0.15, -0.1) is 0 Å². The highest BCUT2D eigenvalue weighted by Gasteiger charge is 2.27. The minimum atomic E-state index is -1.26. The van der Waals surface area contributed by atoms with Crippen LogP contribution in [-0.4, -0.2) is 51.8 Å². The molecule has 0 rings (SSSR count). The van der Waals surface area contributed by atoms with Crippen molar-refractivity contribution in [1.82, 2.24) is 10.6 Å². The predicted molar refractivity (Wildman–Crippen MR) is 143 cm³/mol. The number of hydrogen-bond donors (Lipinski definition) is 4. The van der Waals surface area contributed by atoms with Crippen LogP contribution >= 0.6 is 0 Å². The summed E-state index contributed by atoms with van der Waals surface area (Å²) >= 11 is 0. The number of aliphatic carboxylic acids is 2. The Hall–Kier alpha value is -2.45. The summed E-state index contributed by atoms with van der Waals surface area (Å²) in [6.07, 6.45) is 12.5. The number of carbonyl (C=O) groups is 5. The van der Waals surface area contributed by atoms with Crippen LogP contribution in [0.1, 0.15) is 130 Å². The first kappa shape index (κ1) is 34.6. The van der Waals surface area contributed by atoms with E-state index in [1.54, 1.807) is 20.8 Å². The molecule has 0 saturated heterocycles. The highest BCUT2D eigenvalue weighted by molar-refractivity contribution is 5.87. The van der Waals surface area contributed by atoms with Crippen molar-refractivity contribution in [2.24, 2.45) is 5.41 Å². The first-order chi connectivity index (χ1) is 17.4. The molecular formula is C28H50N2O7. The molecule has 0 aliphatic rings. The van der Waals surface area contributed by atoms with Crippen LogP contribution in [0, 0.1) is 5.41 Å². The van der Waals surface area contributed by atoms with E-state index in [1.165, 1.54) is 44.9 Å². The third-order valence-electron chi connectivity index (χ3n) is 6.43. The molecule has 0 aromatic rings. The minimum Gasteiger partial charge on any atom is -0.480 e. The SMILES string of the molecule is CCCCCCCCCCCCCC(=O)N[C@H](CCC(=O)NC(CCC(=O)C(C)(C)C)C(=O)O)C(=O)O. The molecule has 0 saturated carbocycles. The largest absolute Gasteiger partial charge is 0.480 e. The molecule has 0 radical (unpaired) electrons. The zero-order valence-corrected chi connectivity index (χ0v) is 23.4. The highest BCUT2D eigenvalue weighted by Crippen LogP contribution is 2.18. The van der Waals surface area contributed by atoms with Crippen LogP contribution < -0.4 is 10.6 Å². The minimum absolute atomic E-state index is 0.00754. The topological polar surface area (TPSA) is 150 Å². The third kappa shape index (κ3) is 18.4. The summed E-state index contributed by atoms with van der Waals surface area (Å²) in [5, 5.41) is 23.6. The molecule has 37 heavy (non-hydrogen) atoms. The van der Waals surface area contributed by atoms with Gasteiger partial charge >= 0.3 is 11.9 Å². The van der Waals surface area contributed by atoms with Crippen LogP contribution in [0.4, 0.5) is 0 Å². The van der Waals surface area contributed by atoms with Crippen molar-refractivity contribution in [3.05, 3.63) is 0 Å². The van der Waals surface area contributed by atoms with Gasteiger partial charge in [-0.1, -0.05) is 91.9 Å². The molecule has 0 aliphatic carbocycles. The second kappa shape index (κ2) is 19.6. The van der Waals surface area contributed by atoms with Gasteiger partial charge in [0.1, 0.15) is 17.9 Å². The number of carboxylic acid groups (broad SMARTS) is 2. The molecule has 9 nitrogen and oxygen atoms in total. The Morgan fingerprint density at radius 2 is 0.973 bits per heavy atom. The summed E-state index contributed by atoms with van der Waals surface area (Å²) in [4.78, 5) is 59.4. The van der Waals surface area contributed by atoms with Crippen LogP contribution in [0.25, 0.3) is 0 Å². The van der Waals surface area contributed by atoms with Crippen molar-refractivity contribution >= 4 is 29.5 Å². The number of carbonyl (C=O) groups excluding carboxylic acids is 3. The Bertz CT molecular complexity index is 716. The van der Waals surface area contributed by atoms with Crippen LogP contribution in [0.3, 0.4) is 0 Å². The number of amides is 2. The number of rotatable bonds is 22.